The lowest BCUT2D eigenvalue weighted by Crippen LogP contribution is -2.48. The van der Waals surface area contributed by atoms with E-state index in [2.05, 4.69) is 10.3 Å². The van der Waals surface area contributed by atoms with Crippen LogP contribution < -0.4 is 5.32 Å². The van der Waals surface area contributed by atoms with Crippen molar-refractivity contribution in [2.75, 3.05) is 0 Å². The predicted molar refractivity (Wildman–Crippen MR) is 86.6 cm³/mol. The van der Waals surface area contributed by atoms with Crippen LogP contribution >= 0.6 is 11.3 Å². The third-order valence-electron chi connectivity index (χ3n) is 4.14. The summed E-state index contributed by atoms with van der Waals surface area (Å²) in [6.07, 6.45) is 4.22. The fraction of sp³-hybridized carbons (Fsp3) is 0.412. The molecular weight excluding hydrogens is 296 g/mol. The van der Waals surface area contributed by atoms with Crippen LogP contribution in [0.4, 0.5) is 0 Å². The van der Waals surface area contributed by atoms with Crippen molar-refractivity contribution in [3.63, 3.8) is 0 Å². The van der Waals surface area contributed by atoms with Gasteiger partial charge in [-0.15, -0.1) is 11.3 Å². The van der Waals surface area contributed by atoms with Gasteiger partial charge in [0.15, 0.2) is 0 Å². The number of aliphatic hydroxyl groups excluding tert-OH is 1. The minimum absolute atomic E-state index is 0.0461. The second kappa shape index (κ2) is 7.03. The SMILES string of the molecule is O=C(Cc1cccs1)NC(Cc1ccccn1)C1CC(O)C1. The molecule has 2 aromatic heterocycles. The molecule has 116 valence electrons. The molecule has 1 amide bonds. The van der Waals surface area contributed by atoms with Crippen LogP contribution in [0.25, 0.3) is 0 Å². The fourth-order valence-electron chi connectivity index (χ4n) is 2.87. The molecule has 5 heteroatoms. The molecule has 0 spiro atoms. The van der Waals surface area contributed by atoms with Crippen molar-refractivity contribution in [2.45, 2.75) is 37.8 Å². The highest BCUT2D eigenvalue weighted by molar-refractivity contribution is 7.10. The highest BCUT2D eigenvalue weighted by atomic mass is 32.1. The summed E-state index contributed by atoms with van der Waals surface area (Å²) < 4.78 is 0. The first kappa shape index (κ1) is 15.2. The van der Waals surface area contributed by atoms with Crippen LogP contribution in [0.3, 0.4) is 0 Å². The molecule has 2 aromatic rings. The number of rotatable bonds is 6. The van der Waals surface area contributed by atoms with Gasteiger partial charge in [0.05, 0.1) is 12.5 Å². The zero-order chi connectivity index (χ0) is 15.4. The largest absolute Gasteiger partial charge is 0.393 e. The number of nitrogens with one attached hydrogen (secondary N) is 1. The number of amides is 1. The molecule has 1 aliphatic rings. The third kappa shape index (κ3) is 3.93. The highest BCUT2D eigenvalue weighted by Gasteiger charge is 2.34. The predicted octanol–water partition coefficient (Wildman–Crippen LogP) is 2.18. The van der Waals surface area contributed by atoms with Crippen molar-refractivity contribution >= 4 is 17.2 Å². The van der Waals surface area contributed by atoms with Crippen molar-refractivity contribution in [2.24, 2.45) is 5.92 Å². The van der Waals surface area contributed by atoms with E-state index >= 15 is 0 Å². The Morgan fingerprint density at radius 1 is 1.36 bits per heavy atom. The first-order chi connectivity index (χ1) is 10.7. The number of pyridine rings is 1. The van der Waals surface area contributed by atoms with E-state index in [1.54, 1.807) is 17.5 Å². The zero-order valence-corrected chi connectivity index (χ0v) is 13.1. The van der Waals surface area contributed by atoms with Crippen molar-refractivity contribution in [1.82, 2.24) is 10.3 Å². The Labute approximate surface area is 134 Å². The van der Waals surface area contributed by atoms with E-state index in [9.17, 15) is 9.90 Å². The van der Waals surface area contributed by atoms with Gasteiger partial charge < -0.3 is 10.4 Å². The number of carbonyl (C=O) groups excluding carboxylic acids is 1. The van der Waals surface area contributed by atoms with E-state index in [4.69, 9.17) is 0 Å². The average molecular weight is 316 g/mol. The number of thiophene rings is 1. The van der Waals surface area contributed by atoms with Gasteiger partial charge in [0.2, 0.25) is 5.91 Å². The van der Waals surface area contributed by atoms with Crippen molar-refractivity contribution in [1.29, 1.82) is 0 Å². The molecule has 2 N–H and O–H groups in total. The Balaban J connectivity index is 1.62. The molecule has 22 heavy (non-hydrogen) atoms. The maximum atomic E-state index is 12.2. The lowest BCUT2D eigenvalue weighted by Gasteiger charge is -2.38. The van der Waals surface area contributed by atoms with Gasteiger partial charge in [0.25, 0.3) is 0 Å². The van der Waals surface area contributed by atoms with Gasteiger partial charge in [0.1, 0.15) is 0 Å². The quantitative estimate of drug-likeness (QED) is 0.859. The Morgan fingerprint density at radius 3 is 2.86 bits per heavy atom. The molecule has 1 unspecified atom stereocenters. The van der Waals surface area contributed by atoms with Gasteiger partial charge in [-0.3, -0.25) is 9.78 Å². The molecular formula is C17H20N2O2S. The van der Waals surface area contributed by atoms with Crippen LogP contribution in [0.15, 0.2) is 41.9 Å². The number of aromatic nitrogens is 1. The number of nitrogens with zero attached hydrogens (tertiary/aromatic N) is 1. The van der Waals surface area contributed by atoms with Crippen LogP contribution in [0.1, 0.15) is 23.4 Å². The molecule has 1 fully saturated rings. The summed E-state index contributed by atoms with van der Waals surface area (Å²) in [5.74, 6) is 0.383. The Hall–Kier alpha value is -1.72. The molecule has 0 aromatic carbocycles. The molecule has 0 bridgehead atoms. The van der Waals surface area contributed by atoms with E-state index in [0.29, 0.717) is 18.8 Å². The standard InChI is InChI=1S/C17H20N2O2S/c20-14-8-12(9-14)16(10-13-4-1-2-6-18-13)19-17(21)11-15-5-3-7-22-15/h1-7,12,14,16,20H,8-11H2,(H,19,21). The Morgan fingerprint density at radius 2 is 2.23 bits per heavy atom. The summed E-state index contributed by atoms with van der Waals surface area (Å²) in [4.78, 5) is 17.7. The Kier molecular flexibility index (Phi) is 4.85. The molecule has 2 heterocycles. The fourth-order valence-corrected chi connectivity index (χ4v) is 3.57. The van der Waals surface area contributed by atoms with Gasteiger partial charge >= 0.3 is 0 Å². The minimum Gasteiger partial charge on any atom is -0.393 e. The molecule has 1 aliphatic carbocycles. The van der Waals surface area contributed by atoms with Crippen molar-refractivity contribution in [3.05, 3.63) is 52.5 Å². The van der Waals surface area contributed by atoms with Gasteiger partial charge in [-0.2, -0.15) is 0 Å². The molecule has 0 radical (unpaired) electrons. The minimum atomic E-state index is -0.217. The average Bonchev–Trinajstić information content (AvgIpc) is 2.97. The summed E-state index contributed by atoms with van der Waals surface area (Å²) in [6, 6.07) is 9.81. The van der Waals surface area contributed by atoms with Crippen LogP contribution in [-0.2, 0) is 17.6 Å². The number of hydrogen-bond acceptors (Lipinski definition) is 4. The molecule has 3 rings (SSSR count). The molecule has 0 aliphatic heterocycles. The third-order valence-corrected chi connectivity index (χ3v) is 5.01. The van der Waals surface area contributed by atoms with Gasteiger partial charge in [0, 0.05) is 29.2 Å². The highest BCUT2D eigenvalue weighted by Crippen LogP contribution is 2.31. The number of aliphatic hydroxyl groups is 1. The van der Waals surface area contributed by atoms with Crippen LogP contribution in [0.5, 0.6) is 0 Å². The Bertz CT molecular complexity index is 594. The van der Waals surface area contributed by atoms with Crippen molar-refractivity contribution in [3.8, 4) is 0 Å². The summed E-state index contributed by atoms with van der Waals surface area (Å²) in [5.41, 5.74) is 0.977. The van der Waals surface area contributed by atoms with E-state index < -0.39 is 0 Å². The molecule has 0 saturated heterocycles. The summed E-state index contributed by atoms with van der Waals surface area (Å²) in [5, 5.41) is 14.7. The monoisotopic (exact) mass is 316 g/mol. The lowest BCUT2D eigenvalue weighted by molar-refractivity contribution is -0.122. The van der Waals surface area contributed by atoms with E-state index in [-0.39, 0.29) is 18.1 Å². The van der Waals surface area contributed by atoms with Gasteiger partial charge in [-0.05, 0) is 42.3 Å². The van der Waals surface area contributed by atoms with E-state index in [1.165, 1.54) is 0 Å². The van der Waals surface area contributed by atoms with Crippen LogP contribution in [-0.4, -0.2) is 28.1 Å². The molecule has 1 atom stereocenters. The van der Waals surface area contributed by atoms with Crippen molar-refractivity contribution < 1.29 is 9.90 Å². The summed E-state index contributed by atoms with van der Waals surface area (Å²) >= 11 is 1.60. The lowest BCUT2D eigenvalue weighted by atomic mass is 9.76. The topological polar surface area (TPSA) is 62.2 Å². The maximum absolute atomic E-state index is 12.2. The second-order valence-corrected chi connectivity index (χ2v) is 6.87. The zero-order valence-electron chi connectivity index (χ0n) is 12.3. The summed E-state index contributed by atoms with van der Waals surface area (Å²) in [7, 11) is 0. The smallest absolute Gasteiger partial charge is 0.225 e. The van der Waals surface area contributed by atoms with Crippen LogP contribution in [0.2, 0.25) is 0 Å². The normalized spacial score (nSPS) is 21.9. The van der Waals surface area contributed by atoms with E-state index in [0.717, 1.165) is 23.4 Å². The van der Waals surface area contributed by atoms with Gasteiger partial charge in [-0.1, -0.05) is 12.1 Å². The second-order valence-electron chi connectivity index (χ2n) is 5.84. The van der Waals surface area contributed by atoms with E-state index in [1.807, 2.05) is 35.7 Å². The molecule has 1 saturated carbocycles. The first-order valence-corrected chi connectivity index (χ1v) is 8.48. The van der Waals surface area contributed by atoms with Crippen LogP contribution in [0, 0.1) is 5.92 Å². The first-order valence-electron chi connectivity index (χ1n) is 7.60. The van der Waals surface area contributed by atoms with Gasteiger partial charge in [-0.25, -0.2) is 0 Å². The molecule has 4 nitrogen and oxygen atoms in total. The number of carbonyl (C=O) groups is 1. The maximum Gasteiger partial charge on any atom is 0.225 e. The number of hydrogen-bond donors (Lipinski definition) is 2. The summed E-state index contributed by atoms with van der Waals surface area (Å²) in [6.45, 7) is 0.